The molecule has 2 N–H and O–H groups in total. The number of hydrogen-bond donors (Lipinski definition) is 1. The van der Waals surface area contributed by atoms with Crippen LogP contribution in [0, 0.1) is 11.3 Å². The van der Waals surface area contributed by atoms with E-state index in [4.69, 9.17) is 15.7 Å². The van der Waals surface area contributed by atoms with Gasteiger partial charge < -0.3 is 10.5 Å². The number of rotatable bonds is 3. The largest absolute Gasteiger partial charge is 0.491 e. The lowest BCUT2D eigenvalue weighted by atomic mass is 10.2. The fourth-order valence-corrected chi connectivity index (χ4v) is 1.01. The molecule has 0 saturated heterocycles. The van der Waals surface area contributed by atoms with Crippen molar-refractivity contribution in [3.63, 3.8) is 0 Å². The zero-order valence-corrected chi connectivity index (χ0v) is 8.21. The number of halogens is 3. The summed E-state index contributed by atoms with van der Waals surface area (Å²) in [6.45, 7) is -0.511. The Morgan fingerprint density at radius 3 is 2.62 bits per heavy atom. The molecule has 1 aromatic carbocycles. The van der Waals surface area contributed by atoms with E-state index in [1.54, 1.807) is 0 Å². The lowest BCUT2D eigenvalue weighted by Crippen LogP contribution is -2.13. The highest BCUT2D eigenvalue weighted by molar-refractivity contribution is 5.55. The molecule has 6 heteroatoms. The molecule has 0 aliphatic rings. The molecular weight excluding hydrogens is 221 g/mol. The standard InChI is InChI=1S/C10H9F3N2O/c11-10(12,13)3-4-16-9-5-7(6-14)1-2-8(9)15/h1-2,5H,3-4,15H2. The van der Waals surface area contributed by atoms with Crippen LogP contribution < -0.4 is 10.5 Å². The van der Waals surface area contributed by atoms with Gasteiger partial charge >= 0.3 is 6.18 Å². The highest BCUT2D eigenvalue weighted by Gasteiger charge is 2.26. The van der Waals surface area contributed by atoms with Crippen molar-refractivity contribution >= 4 is 5.69 Å². The molecule has 3 nitrogen and oxygen atoms in total. The second-order valence-corrected chi connectivity index (χ2v) is 3.08. The molecule has 0 heterocycles. The van der Waals surface area contributed by atoms with E-state index in [1.165, 1.54) is 18.2 Å². The van der Waals surface area contributed by atoms with Gasteiger partial charge in [-0.1, -0.05) is 0 Å². The monoisotopic (exact) mass is 230 g/mol. The summed E-state index contributed by atoms with van der Waals surface area (Å²) in [4.78, 5) is 0. The molecule has 0 saturated carbocycles. The van der Waals surface area contributed by atoms with E-state index >= 15 is 0 Å². The van der Waals surface area contributed by atoms with Gasteiger partial charge in [-0.2, -0.15) is 18.4 Å². The highest BCUT2D eigenvalue weighted by atomic mass is 19.4. The van der Waals surface area contributed by atoms with Crippen LogP contribution in [0.3, 0.4) is 0 Å². The van der Waals surface area contributed by atoms with Crippen molar-refractivity contribution in [3.05, 3.63) is 23.8 Å². The Balaban J connectivity index is 2.64. The quantitative estimate of drug-likeness (QED) is 0.811. The number of alkyl halides is 3. The van der Waals surface area contributed by atoms with Crippen LogP contribution in [0.25, 0.3) is 0 Å². The van der Waals surface area contributed by atoms with Crippen molar-refractivity contribution in [2.45, 2.75) is 12.6 Å². The van der Waals surface area contributed by atoms with Crippen LogP contribution in [-0.4, -0.2) is 12.8 Å². The third kappa shape index (κ3) is 3.69. The first-order valence-electron chi connectivity index (χ1n) is 4.41. The third-order valence-electron chi connectivity index (χ3n) is 1.79. The zero-order valence-electron chi connectivity index (χ0n) is 8.21. The maximum Gasteiger partial charge on any atom is 0.392 e. The van der Waals surface area contributed by atoms with Gasteiger partial charge in [0, 0.05) is 6.07 Å². The summed E-state index contributed by atoms with van der Waals surface area (Å²) in [5.74, 6) is 0.100. The number of nitrogens with zero attached hydrogens (tertiary/aromatic N) is 1. The number of ether oxygens (including phenoxy) is 1. The molecule has 0 fully saturated rings. The summed E-state index contributed by atoms with van der Waals surface area (Å²) >= 11 is 0. The molecule has 0 bridgehead atoms. The molecule has 0 unspecified atom stereocenters. The fraction of sp³-hybridized carbons (Fsp3) is 0.300. The van der Waals surface area contributed by atoms with Gasteiger partial charge in [0.05, 0.1) is 30.3 Å². The van der Waals surface area contributed by atoms with Crippen molar-refractivity contribution in [2.24, 2.45) is 0 Å². The smallest absolute Gasteiger partial charge is 0.392 e. The van der Waals surface area contributed by atoms with Crippen LogP contribution in [0.1, 0.15) is 12.0 Å². The van der Waals surface area contributed by atoms with E-state index in [1.807, 2.05) is 6.07 Å². The van der Waals surface area contributed by atoms with Crippen LogP contribution in [-0.2, 0) is 0 Å². The minimum Gasteiger partial charge on any atom is -0.491 e. The Labute approximate surface area is 90.2 Å². The first-order chi connectivity index (χ1) is 7.42. The normalized spacial score (nSPS) is 10.9. The maximum absolute atomic E-state index is 11.8. The predicted molar refractivity (Wildman–Crippen MR) is 51.7 cm³/mol. The van der Waals surface area contributed by atoms with Gasteiger partial charge in [0.15, 0.2) is 0 Å². The lowest BCUT2D eigenvalue weighted by Gasteiger charge is -2.10. The Morgan fingerprint density at radius 2 is 2.06 bits per heavy atom. The Bertz CT molecular complexity index is 410. The van der Waals surface area contributed by atoms with Crippen LogP contribution in [0.4, 0.5) is 18.9 Å². The molecule has 0 aliphatic carbocycles. The molecular formula is C10H9F3N2O. The van der Waals surface area contributed by atoms with Crippen LogP contribution in [0.15, 0.2) is 18.2 Å². The molecule has 86 valence electrons. The van der Waals surface area contributed by atoms with Crippen molar-refractivity contribution in [2.75, 3.05) is 12.3 Å². The summed E-state index contributed by atoms with van der Waals surface area (Å²) in [5.41, 5.74) is 5.98. The average molecular weight is 230 g/mol. The van der Waals surface area contributed by atoms with Crippen molar-refractivity contribution in [3.8, 4) is 11.8 Å². The number of nitriles is 1. The zero-order chi connectivity index (χ0) is 12.2. The summed E-state index contributed by atoms with van der Waals surface area (Å²) in [6, 6.07) is 6.04. The minimum atomic E-state index is -4.26. The Morgan fingerprint density at radius 1 is 1.38 bits per heavy atom. The lowest BCUT2D eigenvalue weighted by molar-refractivity contribution is -0.139. The second-order valence-electron chi connectivity index (χ2n) is 3.08. The molecule has 1 rings (SSSR count). The molecule has 1 aromatic rings. The molecule has 16 heavy (non-hydrogen) atoms. The van der Waals surface area contributed by atoms with Crippen molar-refractivity contribution in [1.82, 2.24) is 0 Å². The molecule has 0 amide bonds. The fourth-order valence-electron chi connectivity index (χ4n) is 1.01. The predicted octanol–water partition coefficient (Wildman–Crippen LogP) is 2.47. The van der Waals surface area contributed by atoms with E-state index < -0.39 is 19.2 Å². The van der Waals surface area contributed by atoms with E-state index in [0.717, 1.165) is 0 Å². The van der Waals surface area contributed by atoms with E-state index in [2.05, 4.69) is 0 Å². The molecule has 0 atom stereocenters. The maximum atomic E-state index is 11.8. The number of hydrogen-bond acceptors (Lipinski definition) is 3. The summed E-state index contributed by atoms with van der Waals surface area (Å²) in [5, 5.41) is 8.58. The molecule has 0 aromatic heterocycles. The Hall–Kier alpha value is -1.90. The van der Waals surface area contributed by atoms with E-state index in [0.29, 0.717) is 0 Å². The topological polar surface area (TPSA) is 59.0 Å². The molecule has 0 aliphatic heterocycles. The summed E-state index contributed by atoms with van der Waals surface area (Å²) in [7, 11) is 0. The third-order valence-corrected chi connectivity index (χ3v) is 1.79. The van der Waals surface area contributed by atoms with Crippen molar-refractivity contribution < 1.29 is 17.9 Å². The minimum absolute atomic E-state index is 0.100. The molecule has 0 spiro atoms. The van der Waals surface area contributed by atoms with E-state index in [-0.39, 0.29) is 17.0 Å². The Kier molecular flexibility index (Phi) is 3.61. The summed E-state index contributed by atoms with van der Waals surface area (Å²) < 4.78 is 40.4. The van der Waals surface area contributed by atoms with E-state index in [9.17, 15) is 13.2 Å². The number of benzene rings is 1. The average Bonchev–Trinajstić information content (AvgIpc) is 2.19. The SMILES string of the molecule is N#Cc1ccc(N)c(OCCC(F)(F)F)c1. The highest BCUT2D eigenvalue weighted by Crippen LogP contribution is 2.24. The summed E-state index contributed by atoms with van der Waals surface area (Å²) in [6.07, 6.45) is -5.31. The van der Waals surface area contributed by atoms with Gasteiger partial charge in [-0.05, 0) is 12.1 Å². The van der Waals surface area contributed by atoms with Crippen LogP contribution in [0.5, 0.6) is 5.75 Å². The first kappa shape index (κ1) is 12.2. The number of nitrogens with two attached hydrogens (primary N) is 1. The molecule has 0 radical (unpaired) electrons. The number of anilines is 1. The van der Waals surface area contributed by atoms with Gasteiger partial charge in [0.25, 0.3) is 0 Å². The van der Waals surface area contributed by atoms with Crippen LogP contribution in [0.2, 0.25) is 0 Å². The van der Waals surface area contributed by atoms with Crippen LogP contribution >= 0.6 is 0 Å². The van der Waals surface area contributed by atoms with Crippen molar-refractivity contribution in [1.29, 1.82) is 5.26 Å². The van der Waals surface area contributed by atoms with Gasteiger partial charge in [-0.3, -0.25) is 0 Å². The van der Waals surface area contributed by atoms with Gasteiger partial charge in [0.1, 0.15) is 5.75 Å². The number of nitrogen functional groups attached to an aromatic ring is 1. The van der Waals surface area contributed by atoms with Gasteiger partial charge in [-0.25, -0.2) is 0 Å². The second kappa shape index (κ2) is 4.75. The van der Waals surface area contributed by atoms with Gasteiger partial charge in [0.2, 0.25) is 0 Å². The first-order valence-corrected chi connectivity index (χ1v) is 4.41. The van der Waals surface area contributed by atoms with Gasteiger partial charge in [-0.15, -0.1) is 0 Å².